The Morgan fingerprint density at radius 1 is 0.864 bits per heavy atom. The summed E-state index contributed by atoms with van der Waals surface area (Å²) in [5.74, 6) is 0. The zero-order chi connectivity index (χ0) is 17.1. The number of aliphatic hydroxyl groups is 1. The summed E-state index contributed by atoms with van der Waals surface area (Å²) >= 11 is 0. The summed E-state index contributed by atoms with van der Waals surface area (Å²) in [6, 6.07) is 0. The van der Waals surface area contributed by atoms with Gasteiger partial charge in [-0.05, 0) is 39.3 Å². The van der Waals surface area contributed by atoms with Crippen LogP contribution in [-0.2, 0) is 23.1 Å². The van der Waals surface area contributed by atoms with Gasteiger partial charge in [0.05, 0.1) is 6.61 Å². The summed E-state index contributed by atoms with van der Waals surface area (Å²) < 4.78 is 29.0. The van der Waals surface area contributed by atoms with Gasteiger partial charge >= 0.3 is 0 Å². The molecule has 0 radical (unpaired) electrons. The van der Waals surface area contributed by atoms with Crippen LogP contribution in [0.3, 0.4) is 0 Å². The van der Waals surface area contributed by atoms with E-state index in [2.05, 4.69) is 39.3 Å². The molecule has 0 aromatic carbocycles. The molecule has 6 nitrogen and oxygen atoms in total. The summed E-state index contributed by atoms with van der Waals surface area (Å²) in [5.41, 5.74) is 0. The molecule has 132 valence electrons. The Balaban J connectivity index is 3.09. The number of aliphatic hydroxyl groups excluding tert-OH is 1. The van der Waals surface area contributed by atoms with Crippen molar-refractivity contribution in [3.05, 3.63) is 0 Å². The summed E-state index contributed by atoms with van der Waals surface area (Å²) in [5, 5.41) is 10.2. The van der Waals surface area contributed by atoms with E-state index in [9.17, 15) is 5.11 Å². The molecule has 1 saturated heterocycles. The smallest absolute Gasteiger partial charge is 0.184 e. The maximum atomic E-state index is 10.2. The molecular formula is C14H32O6Si2. The third-order valence-corrected chi connectivity index (χ3v) is 5.15. The van der Waals surface area contributed by atoms with Gasteiger partial charge in [0.25, 0.3) is 0 Å². The van der Waals surface area contributed by atoms with Crippen LogP contribution in [0, 0.1) is 0 Å². The van der Waals surface area contributed by atoms with E-state index < -0.39 is 29.0 Å². The molecule has 1 rings (SSSR count). The van der Waals surface area contributed by atoms with Gasteiger partial charge in [-0.3, -0.25) is 0 Å². The van der Waals surface area contributed by atoms with Crippen molar-refractivity contribution >= 4 is 16.6 Å². The number of ether oxygens (including phenoxy) is 3. The highest BCUT2D eigenvalue weighted by molar-refractivity contribution is 6.70. The molecule has 5 atom stereocenters. The standard InChI is InChI=1S/C14H32O6Si2/c1-16-9-10-11(19-21(3,4)5)12(20-22(6,7)8)13(17-2)14(15)18-10/h10-15H,9H2,1-8H3. The van der Waals surface area contributed by atoms with Crippen LogP contribution >= 0.6 is 0 Å². The van der Waals surface area contributed by atoms with Crippen LogP contribution in [0.25, 0.3) is 0 Å². The molecule has 5 unspecified atom stereocenters. The minimum atomic E-state index is -1.85. The Morgan fingerprint density at radius 3 is 1.77 bits per heavy atom. The fraction of sp³-hybridized carbons (Fsp3) is 1.00. The lowest BCUT2D eigenvalue weighted by Gasteiger charge is -2.47. The summed E-state index contributed by atoms with van der Waals surface area (Å²) in [7, 11) is -0.524. The summed E-state index contributed by atoms with van der Waals surface area (Å²) in [6.45, 7) is 13.0. The zero-order valence-electron chi connectivity index (χ0n) is 15.1. The van der Waals surface area contributed by atoms with E-state index >= 15 is 0 Å². The van der Waals surface area contributed by atoms with E-state index in [0.717, 1.165) is 0 Å². The second kappa shape index (κ2) is 7.84. The minimum Gasteiger partial charge on any atom is -0.409 e. The second-order valence-corrected chi connectivity index (χ2v) is 16.5. The Hall–Kier alpha value is 0.194. The average molecular weight is 353 g/mol. The first kappa shape index (κ1) is 20.2. The fourth-order valence-corrected chi connectivity index (χ4v) is 4.72. The number of hydrogen-bond acceptors (Lipinski definition) is 6. The second-order valence-electron chi connectivity index (χ2n) is 7.61. The van der Waals surface area contributed by atoms with Gasteiger partial charge in [-0.1, -0.05) is 0 Å². The lowest BCUT2D eigenvalue weighted by molar-refractivity contribution is -0.286. The van der Waals surface area contributed by atoms with Crippen LogP contribution in [0.2, 0.25) is 39.3 Å². The third kappa shape index (κ3) is 6.01. The van der Waals surface area contributed by atoms with Gasteiger partial charge in [-0.15, -0.1) is 0 Å². The maximum absolute atomic E-state index is 10.2. The minimum absolute atomic E-state index is 0.313. The third-order valence-electron chi connectivity index (χ3n) is 3.19. The topological polar surface area (TPSA) is 66.4 Å². The highest BCUT2D eigenvalue weighted by atomic mass is 28.4. The van der Waals surface area contributed by atoms with Crippen LogP contribution in [-0.4, -0.2) is 73.3 Å². The molecule has 0 aromatic heterocycles. The predicted octanol–water partition coefficient (Wildman–Crippen LogP) is 1.81. The first-order valence-electron chi connectivity index (χ1n) is 7.69. The van der Waals surface area contributed by atoms with Crippen molar-refractivity contribution in [2.45, 2.75) is 70.0 Å². The zero-order valence-corrected chi connectivity index (χ0v) is 17.1. The van der Waals surface area contributed by atoms with E-state index in [4.69, 9.17) is 23.1 Å². The lowest BCUT2D eigenvalue weighted by Crippen LogP contribution is -2.64. The molecule has 0 aromatic rings. The van der Waals surface area contributed by atoms with Gasteiger partial charge in [0.1, 0.15) is 24.4 Å². The molecule has 1 aliphatic heterocycles. The predicted molar refractivity (Wildman–Crippen MR) is 90.0 cm³/mol. The molecule has 0 saturated carbocycles. The first-order valence-corrected chi connectivity index (χ1v) is 14.5. The monoisotopic (exact) mass is 352 g/mol. The van der Waals surface area contributed by atoms with E-state index in [1.807, 2.05) is 0 Å². The van der Waals surface area contributed by atoms with Gasteiger partial charge < -0.3 is 28.2 Å². The Morgan fingerprint density at radius 2 is 1.36 bits per heavy atom. The number of rotatable bonds is 7. The molecule has 1 aliphatic rings. The SMILES string of the molecule is COCC1OC(O)C(OC)C(O[Si](C)(C)C)C1O[Si](C)(C)C. The molecular weight excluding hydrogens is 320 g/mol. The summed E-state index contributed by atoms with van der Waals surface area (Å²) in [4.78, 5) is 0. The molecule has 0 aliphatic carbocycles. The normalized spacial score (nSPS) is 34.0. The first-order chi connectivity index (χ1) is 9.98. The van der Waals surface area contributed by atoms with Crippen molar-refractivity contribution in [1.82, 2.24) is 0 Å². The van der Waals surface area contributed by atoms with Crippen LogP contribution in [0.4, 0.5) is 0 Å². The van der Waals surface area contributed by atoms with Crippen molar-refractivity contribution in [3.63, 3.8) is 0 Å². The van der Waals surface area contributed by atoms with Crippen LogP contribution < -0.4 is 0 Å². The van der Waals surface area contributed by atoms with E-state index in [0.29, 0.717) is 6.61 Å². The fourth-order valence-electron chi connectivity index (χ4n) is 2.54. The average Bonchev–Trinajstić information content (AvgIpc) is 2.31. The molecule has 22 heavy (non-hydrogen) atoms. The number of methoxy groups -OCH3 is 2. The van der Waals surface area contributed by atoms with Gasteiger partial charge in [0.15, 0.2) is 22.9 Å². The highest BCUT2D eigenvalue weighted by Crippen LogP contribution is 2.31. The number of hydrogen-bond donors (Lipinski definition) is 1. The van der Waals surface area contributed by atoms with Crippen molar-refractivity contribution in [1.29, 1.82) is 0 Å². The van der Waals surface area contributed by atoms with E-state index in [1.165, 1.54) is 0 Å². The van der Waals surface area contributed by atoms with Crippen molar-refractivity contribution < 1.29 is 28.2 Å². The van der Waals surface area contributed by atoms with E-state index in [-0.39, 0.29) is 18.3 Å². The molecule has 0 spiro atoms. The quantitative estimate of drug-likeness (QED) is 0.705. The molecule has 1 heterocycles. The summed E-state index contributed by atoms with van der Waals surface area (Å²) in [6.07, 6.45) is -2.67. The van der Waals surface area contributed by atoms with Crippen LogP contribution in [0.5, 0.6) is 0 Å². The van der Waals surface area contributed by atoms with Gasteiger partial charge in [-0.25, -0.2) is 0 Å². The van der Waals surface area contributed by atoms with Crippen LogP contribution in [0.1, 0.15) is 0 Å². The molecule has 1 fully saturated rings. The van der Waals surface area contributed by atoms with Gasteiger partial charge in [-0.2, -0.15) is 0 Å². The largest absolute Gasteiger partial charge is 0.409 e. The Labute approximate surface area is 136 Å². The molecule has 8 heteroatoms. The lowest BCUT2D eigenvalue weighted by atomic mass is 9.99. The van der Waals surface area contributed by atoms with E-state index in [1.54, 1.807) is 14.2 Å². The van der Waals surface area contributed by atoms with Crippen molar-refractivity contribution in [2.24, 2.45) is 0 Å². The Bertz CT molecular complexity index is 341. The van der Waals surface area contributed by atoms with Crippen LogP contribution in [0.15, 0.2) is 0 Å². The van der Waals surface area contributed by atoms with Gasteiger partial charge in [0.2, 0.25) is 0 Å². The van der Waals surface area contributed by atoms with Crippen molar-refractivity contribution in [2.75, 3.05) is 20.8 Å². The molecule has 1 N–H and O–H groups in total. The van der Waals surface area contributed by atoms with Crippen molar-refractivity contribution in [3.8, 4) is 0 Å². The molecule has 0 amide bonds. The highest BCUT2D eigenvalue weighted by Gasteiger charge is 2.49. The van der Waals surface area contributed by atoms with Gasteiger partial charge in [0, 0.05) is 14.2 Å². The maximum Gasteiger partial charge on any atom is 0.184 e. The molecule has 0 bridgehead atoms. The Kier molecular flexibility index (Phi) is 7.22.